The number of likely N-dealkylation sites (N-methyl/N-ethyl adjacent to an activating group) is 1. The number of benzene rings is 1. The lowest BCUT2D eigenvalue weighted by molar-refractivity contribution is -0.135. The van der Waals surface area contributed by atoms with E-state index in [4.69, 9.17) is 11.6 Å². The molecule has 1 aromatic rings. The van der Waals surface area contributed by atoms with E-state index in [2.05, 4.69) is 0 Å². The highest BCUT2D eigenvalue weighted by molar-refractivity contribution is 7.91. The number of hydrogen-bond acceptors (Lipinski definition) is 3. The van der Waals surface area contributed by atoms with Crippen molar-refractivity contribution < 1.29 is 13.2 Å². The van der Waals surface area contributed by atoms with Gasteiger partial charge in [0.15, 0.2) is 9.84 Å². The number of nitrogens with zero attached hydrogens (tertiary/aromatic N) is 1. The maximum absolute atomic E-state index is 13.0. The van der Waals surface area contributed by atoms with Crippen LogP contribution in [0.15, 0.2) is 24.3 Å². The van der Waals surface area contributed by atoms with E-state index in [1.807, 2.05) is 19.1 Å². The molecule has 3 rings (SSSR count). The van der Waals surface area contributed by atoms with Crippen molar-refractivity contribution in [1.29, 1.82) is 0 Å². The Balaban J connectivity index is 1.84. The van der Waals surface area contributed by atoms with E-state index >= 15 is 0 Å². The summed E-state index contributed by atoms with van der Waals surface area (Å²) in [7, 11) is -2.99. The Labute approximate surface area is 136 Å². The Hall–Kier alpha value is -1.07. The molecule has 6 heteroatoms. The Kier molecular flexibility index (Phi) is 3.98. The van der Waals surface area contributed by atoms with Gasteiger partial charge in [-0.2, -0.15) is 0 Å². The zero-order valence-electron chi connectivity index (χ0n) is 12.6. The molecular weight excluding hydrogens is 322 g/mol. The first kappa shape index (κ1) is 15.8. The Morgan fingerprint density at radius 1 is 1.32 bits per heavy atom. The molecule has 1 atom stereocenters. The molecule has 1 aliphatic carbocycles. The van der Waals surface area contributed by atoms with Gasteiger partial charge in [0, 0.05) is 17.6 Å². The SMILES string of the molecule is CCN(C(=O)C1(c2ccc(Cl)cc2)CC1)C1CCS(=O)(=O)C1. The summed E-state index contributed by atoms with van der Waals surface area (Å²) in [5.41, 5.74) is 0.522. The second-order valence-corrected chi connectivity index (χ2v) is 8.90. The van der Waals surface area contributed by atoms with Crippen LogP contribution in [-0.2, 0) is 20.0 Å². The van der Waals surface area contributed by atoms with E-state index < -0.39 is 15.3 Å². The van der Waals surface area contributed by atoms with Crippen molar-refractivity contribution in [2.75, 3.05) is 18.1 Å². The normalized spacial score (nSPS) is 24.9. The third-order valence-corrected chi connectivity index (χ3v) is 6.81. The number of carbonyl (C=O) groups excluding carboxylic acids is 1. The Morgan fingerprint density at radius 2 is 1.95 bits per heavy atom. The average molecular weight is 342 g/mol. The van der Waals surface area contributed by atoms with Gasteiger partial charge in [-0.05, 0) is 43.9 Å². The van der Waals surface area contributed by atoms with Crippen molar-refractivity contribution in [3.8, 4) is 0 Å². The highest BCUT2D eigenvalue weighted by Crippen LogP contribution is 2.50. The Bertz CT molecular complexity index is 680. The maximum Gasteiger partial charge on any atom is 0.233 e. The highest BCUT2D eigenvalue weighted by atomic mass is 35.5. The van der Waals surface area contributed by atoms with Gasteiger partial charge in [0.05, 0.1) is 16.9 Å². The molecule has 0 aromatic heterocycles. The third-order valence-electron chi connectivity index (χ3n) is 4.81. The smallest absolute Gasteiger partial charge is 0.233 e. The van der Waals surface area contributed by atoms with Crippen LogP contribution >= 0.6 is 11.6 Å². The molecule has 1 saturated heterocycles. The van der Waals surface area contributed by atoms with Crippen LogP contribution in [0.2, 0.25) is 5.02 Å². The fraction of sp³-hybridized carbons (Fsp3) is 0.562. The van der Waals surface area contributed by atoms with Crippen LogP contribution in [0.4, 0.5) is 0 Å². The van der Waals surface area contributed by atoms with Crippen LogP contribution < -0.4 is 0 Å². The third kappa shape index (κ3) is 2.76. The van der Waals surface area contributed by atoms with Crippen molar-refractivity contribution in [2.24, 2.45) is 0 Å². The quantitative estimate of drug-likeness (QED) is 0.845. The zero-order valence-corrected chi connectivity index (χ0v) is 14.2. The minimum atomic E-state index is -2.99. The number of hydrogen-bond donors (Lipinski definition) is 0. The van der Waals surface area contributed by atoms with Crippen LogP contribution in [0.3, 0.4) is 0 Å². The molecule has 120 valence electrons. The van der Waals surface area contributed by atoms with E-state index in [-0.39, 0.29) is 23.5 Å². The highest BCUT2D eigenvalue weighted by Gasteiger charge is 2.54. The van der Waals surface area contributed by atoms with Crippen molar-refractivity contribution in [3.05, 3.63) is 34.9 Å². The van der Waals surface area contributed by atoms with E-state index in [0.717, 1.165) is 18.4 Å². The molecule has 1 heterocycles. The number of rotatable bonds is 4. The summed E-state index contributed by atoms with van der Waals surface area (Å²) in [5.74, 6) is 0.359. The molecule has 0 bridgehead atoms. The molecule has 2 fully saturated rings. The van der Waals surface area contributed by atoms with Gasteiger partial charge in [-0.1, -0.05) is 23.7 Å². The van der Waals surface area contributed by atoms with Gasteiger partial charge in [0.1, 0.15) is 0 Å². The van der Waals surface area contributed by atoms with E-state index in [9.17, 15) is 13.2 Å². The van der Waals surface area contributed by atoms with Crippen LogP contribution in [0.25, 0.3) is 0 Å². The molecule has 1 amide bonds. The van der Waals surface area contributed by atoms with Gasteiger partial charge < -0.3 is 4.90 Å². The summed E-state index contributed by atoms with van der Waals surface area (Å²) in [6, 6.07) is 7.26. The number of carbonyl (C=O) groups is 1. The topological polar surface area (TPSA) is 54.5 Å². The van der Waals surface area contributed by atoms with Crippen LogP contribution in [0.5, 0.6) is 0 Å². The molecule has 2 aliphatic rings. The lowest BCUT2D eigenvalue weighted by Crippen LogP contribution is -2.46. The summed E-state index contributed by atoms with van der Waals surface area (Å²) in [5, 5.41) is 0.654. The average Bonchev–Trinajstić information content (AvgIpc) is 3.20. The van der Waals surface area contributed by atoms with Crippen LogP contribution in [-0.4, -0.2) is 43.3 Å². The lowest BCUT2D eigenvalue weighted by atomic mass is 9.93. The standard InChI is InChI=1S/C16H20ClNO3S/c1-2-18(14-7-10-22(20,21)11-14)15(19)16(8-9-16)12-3-5-13(17)6-4-12/h3-6,14H,2,7-11H2,1H3. The van der Waals surface area contributed by atoms with Crippen molar-refractivity contribution >= 4 is 27.3 Å². The van der Waals surface area contributed by atoms with Gasteiger partial charge in [-0.25, -0.2) is 8.42 Å². The molecule has 0 radical (unpaired) electrons. The van der Waals surface area contributed by atoms with Gasteiger partial charge >= 0.3 is 0 Å². The van der Waals surface area contributed by atoms with E-state index in [0.29, 0.717) is 18.0 Å². The largest absolute Gasteiger partial charge is 0.338 e. The maximum atomic E-state index is 13.0. The molecule has 1 aromatic carbocycles. The lowest BCUT2D eigenvalue weighted by Gasteiger charge is -2.31. The van der Waals surface area contributed by atoms with E-state index in [1.54, 1.807) is 17.0 Å². The molecule has 1 unspecified atom stereocenters. The number of halogens is 1. The minimum absolute atomic E-state index is 0.0689. The second-order valence-electron chi connectivity index (χ2n) is 6.24. The Morgan fingerprint density at radius 3 is 2.41 bits per heavy atom. The van der Waals surface area contributed by atoms with Gasteiger partial charge in [0.25, 0.3) is 0 Å². The second kappa shape index (κ2) is 5.53. The van der Waals surface area contributed by atoms with Gasteiger partial charge in [-0.3, -0.25) is 4.79 Å². The summed E-state index contributed by atoms with van der Waals surface area (Å²) in [4.78, 5) is 14.8. The number of sulfone groups is 1. The fourth-order valence-corrected chi connectivity index (χ4v) is 5.24. The fourth-order valence-electron chi connectivity index (χ4n) is 3.38. The van der Waals surface area contributed by atoms with Crippen LogP contribution in [0, 0.1) is 0 Å². The molecule has 0 N–H and O–H groups in total. The predicted molar refractivity (Wildman–Crippen MR) is 86.8 cm³/mol. The summed E-state index contributed by atoms with van der Waals surface area (Å²) >= 11 is 5.92. The minimum Gasteiger partial charge on any atom is -0.338 e. The summed E-state index contributed by atoms with van der Waals surface area (Å²) in [6.45, 7) is 2.47. The molecular formula is C16H20ClNO3S. The number of amides is 1. The molecule has 1 saturated carbocycles. The van der Waals surface area contributed by atoms with Crippen molar-refractivity contribution in [2.45, 2.75) is 37.6 Å². The van der Waals surface area contributed by atoms with Crippen molar-refractivity contribution in [1.82, 2.24) is 4.90 Å². The van der Waals surface area contributed by atoms with Crippen LogP contribution in [0.1, 0.15) is 31.7 Å². The summed E-state index contributed by atoms with van der Waals surface area (Å²) in [6.07, 6.45) is 2.20. The summed E-state index contributed by atoms with van der Waals surface area (Å²) < 4.78 is 23.4. The zero-order chi connectivity index (χ0) is 16.0. The van der Waals surface area contributed by atoms with E-state index in [1.165, 1.54) is 0 Å². The predicted octanol–water partition coefficient (Wildman–Crippen LogP) is 2.41. The first-order valence-corrected chi connectivity index (χ1v) is 9.85. The molecule has 22 heavy (non-hydrogen) atoms. The molecule has 4 nitrogen and oxygen atoms in total. The first-order valence-electron chi connectivity index (χ1n) is 7.65. The monoisotopic (exact) mass is 341 g/mol. The van der Waals surface area contributed by atoms with Crippen molar-refractivity contribution in [3.63, 3.8) is 0 Å². The first-order chi connectivity index (χ1) is 10.4. The van der Waals surface area contributed by atoms with Gasteiger partial charge in [0.2, 0.25) is 5.91 Å². The molecule has 1 aliphatic heterocycles. The molecule has 0 spiro atoms. The van der Waals surface area contributed by atoms with Gasteiger partial charge in [-0.15, -0.1) is 0 Å².